The summed E-state index contributed by atoms with van der Waals surface area (Å²) in [4.78, 5) is 19.2. The lowest BCUT2D eigenvalue weighted by Gasteiger charge is -2.39. The minimum absolute atomic E-state index is 0.235. The van der Waals surface area contributed by atoms with Crippen molar-refractivity contribution in [3.8, 4) is 17.3 Å². The summed E-state index contributed by atoms with van der Waals surface area (Å²) in [6.07, 6.45) is 6.75. The highest BCUT2D eigenvalue weighted by molar-refractivity contribution is 6.17. The summed E-state index contributed by atoms with van der Waals surface area (Å²) in [7, 11) is 6.04. The first-order valence-corrected chi connectivity index (χ1v) is 9.97. The number of fused-ring (bicyclic) bond motifs is 1. The van der Waals surface area contributed by atoms with E-state index in [-0.39, 0.29) is 5.16 Å². The number of likely N-dealkylation sites (N-methyl/N-ethyl adjacent to an activating group) is 1. The van der Waals surface area contributed by atoms with E-state index < -0.39 is 0 Å². The molecule has 7 nitrogen and oxygen atoms in total. The number of aromatic amines is 1. The second-order valence-corrected chi connectivity index (χ2v) is 8.33. The van der Waals surface area contributed by atoms with Gasteiger partial charge in [0, 0.05) is 35.1 Å². The van der Waals surface area contributed by atoms with Crippen LogP contribution in [0.5, 0.6) is 0 Å². The zero-order valence-electron chi connectivity index (χ0n) is 16.1. The van der Waals surface area contributed by atoms with E-state index in [4.69, 9.17) is 10.2 Å². The highest BCUT2D eigenvalue weighted by atomic mass is 28.1. The van der Waals surface area contributed by atoms with Crippen LogP contribution < -0.4 is 5.32 Å². The van der Waals surface area contributed by atoms with E-state index in [1.165, 1.54) is 0 Å². The molecule has 1 saturated heterocycles. The van der Waals surface area contributed by atoms with Gasteiger partial charge in [-0.2, -0.15) is 5.26 Å². The van der Waals surface area contributed by atoms with Crippen LogP contribution in [0.2, 0.25) is 0 Å². The second kappa shape index (κ2) is 7.34. The average molecular weight is 389 g/mol. The fourth-order valence-electron chi connectivity index (χ4n) is 3.81. The molecule has 0 aliphatic carbocycles. The van der Waals surface area contributed by atoms with Crippen LogP contribution in [0.3, 0.4) is 0 Å². The Hall–Kier alpha value is -2.76. The van der Waals surface area contributed by atoms with E-state index in [1.807, 2.05) is 18.5 Å². The normalized spacial score (nSPS) is 20.2. The maximum atomic E-state index is 9.07. The summed E-state index contributed by atoms with van der Waals surface area (Å²) in [5.74, 6) is 0.605. The summed E-state index contributed by atoms with van der Waals surface area (Å²) in [6.45, 7) is 4.08. The van der Waals surface area contributed by atoms with Crippen molar-refractivity contribution in [2.24, 2.45) is 0 Å². The first kappa shape index (κ1) is 18.6. The number of hydrogen-bond acceptors (Lipinski definition) is 6. The zero-order valence-corrected chi connectivity index (χ0v) is 17.1. The Kier molecular flexibility index (Phi) is 4.87. The van der Waals surface area contributed by atoms with Crippen LogP contribution in [0.15, 0.2) is 24.5 Å². The predicted molar refractivity (Wildman–Crippen MR) is 110 cm³/mol. The van der Waals surface area contributed by atoms with E-state index in [1.54, 1.807) is 6.07 Å². The molecule has 1 fully saturated rings. The van der Waals surface area contributed by atoms with Gasteiger partial charge >= 0.3 is 0 Å². The van der Waals surface area contributed by atoms with Crippen molar-refractivity contribution in [2.75, 3.05) is 25.5 Å². The highest BCUT2D eigenvalue weighted by Crippen LogP contribution is 2.30. The van der Waals surface area contributed by atoms with Crippen molar-refractivity contribution in [1.29, 1.82) is 5.26 Å². The van der Waals surface area contributed by atoms with Gasteiger partial charge in [-0.1, -0.05) is 6.92 Å². The van der Waals surface area contributed by atoms with Crippen LogP contribution >= 0.6 is 0 Å². The van der Waals surface area contributed by atoms with E-state index in [0.29, 0.717) is 17.3 Å². The number of nitriles is 1. The Balaban J connectivity index is 1.73. The maximum absolute atomic E-state index is 9.07. The third-order valence-electron chi connectivity index (χ3n) is 5.19. The number of anilines is 1. The third kappa shape index (κ3) is 3.51. The average Bonchev–Trinajstić information content (AvgIpc) is 3.10. The lowest BCUT2D eigenvalue weighted by Crippen LogP contribution is -2.52. The van der Waals surface area contributed by atoms with E-state index in [2.05, 4.69) is 55.5 Å². The summed E-state index contributed by atoms with van der Waals surface area (Å²) in [6, 6.07) is 5.73. The molecule has 1 aliphatic rings. The number of pyridine rings is 1. The fourth-order valence-corrected chi connectivity index (χ4v) is 4.37. The lowest BCUT2D eigenvalue weighted by molar-refractivity contribution is 0.241. The molecule has 4 heterocycles. The number of rotatable bonds is 4. The minimum Gasteiger partial charge on any atom is -0.351 e. The number of piperidine rings is 1. The Labute approximate surface area is 167 Å². The molecule has 2 N–H and O–H groups in total. The van der Waals surface area contributed by atoms with Gasteiger partial charge in [-0.3, -0.25) is 0 Å². The number of nitrogens with zero attached hydrogens (tertiary/aromatic N) is 5. The second-order valence-electron chi connectivity index (χ2n) is 7.38. The standard InChI is InChI=1S/C20H22N7Si/c1-3-13-10-23-19(26-20(28)7-4-8-27(2)12-20)25-17(13)16-11-22-18-15(16)6-5-14(9-21)24-18/h5-6,10-11H,3-4,7-8,12H2,1-2H3,(H,22,24)(H,23,25,26)/t20-/m0/s1. The molecule has 4 rings (SSSR count). The molecular formula is C20H22N7Si. The monoisotopic (exact) mass is 388 g/mol. The van der Waals surface area contributed by atoms with Gasteiger partial charge < -0.3 is 15.2 Å². The summed E-state index contributed by atoms with van der Waals surface area (Å²) >= 11 is 0. The third-order valence-corrected chi connectivity index (χ3v) is 5.72. The number of hydrogen-bond donors (Lipinski definition) is 2. The Morgan fingerprint density at radius 2 is 2.25 bits per heavy atom. The van der Waals surface area contributed by atoms with Crippen molar-refractivity contribution in [3.63, 3.8) is 0 Å². The molecule has 0 unspecified atom stereocenters. The molecular weight excluding hydrogens is 366 g/mol. The Bertz CT molecular complexity index is 1050. The molecule has 3 aromatic heterocycles. The van der Waals surface area contributed by atoms with E-state index >= 15 is 0 Å². The SMILES string of the molecule is CCc1cnc(N[C@]2([Si])CCCN(C)C2)nc1-c1c[nH]c2nc(C#N)ccc12. The summed E-state index contributed by atoms with van der Waals surface area (Å²) in [5.41, 5.74) is 4.01. The molecule has 28 heavy (non-hydrogen) atoms. The number of aromatic nitrogens is 4. The van der Waals surface area contributed by atoms with Crippen LogP contribution in [0.1, 0.15) is 31.0 Å². The molecule has 0 aromatic carbocycles. The van der Waals surface area contributed by atoms with Crippen LogP contribution in [-0.4, -0.2) is 60.4 Å². The Morgan fingerprint density at radius 3 is 3.00 bits per heavy atom. The molecule has 0 saturated carbocycles. The molecule has 141 valence electrons. The lowest BCUT2D eigenvalue weighted by atomic mass is 10.0. The molecule has 1 atom stereocenters. The maximum Gasteiger partial charge on any atom is 0.223 e. The van der Waals surface area contributed by atoms with E-state index in [9.17, 15) is 0 Å². The van der Waals surface area contributed by atoms with Gasteiger partial charge in [-0.25, -0.2) is 15.0 Å². The quantitative estimate of drug-likeness (QED) is 0.667. The molecule has 0 bridgehead atoms. The molecule has 3 radical (unpaired) electrons. The molecule has 3 aromatic rings. The topological polar surface area (TPSA) is 93.5 Å². The van der Waals surface area contributed by atoms with Gasteiger partial charge in [0.25, 0.3) is 0 Å². The van der Waals surface area contributed by atoms with Crippen molar-refractivity contribution >= 4 is 27.2 Å². The molecule has 8 heteroatoms. The first-order valence-electron chi connectivity index (χ1n) is 9.47. The number of likely N-dealkylation sites (tertiary alicyclic amines) is 1. The van der Waals surface area contributed by atoms with Gasteiger partial charge in [-0.15, -0.1) is 0 Å². The van der Waals surface area contributed by atoms with Crippen molar-refractivity contribution in [2.45, 2.75) is 31.3 Å². The highest BCUT2D eigenvalue weighted by Gasteiger charge is 2.30. The number of nitrogens with one attached hydrogen (secondary N) is 2. The van der Waals surface area contributed by atoms with Crippen LogP contribution in [0, 0.1) is 11.3 Å². The predicted octanol–water partition coefficient (Wildman–Crippen LogP) is 2.46. The van der Waals surface area contributed by atoms with Crippen LogP contribution in [-0.2, 0) is 6.42 Å². The minimum atomic E-state index is -0.235. The summed E-state index contributed by atoms with van der Waals surface area (Å²) < 4.78 is 0. The first-order chi connectivity index (χ1) is 13.5. The molecule has 1 aliphatic heterocycles. The van der Waals surface area contributed by atoms with Gasteiger partial charge in [0.2, 0.25) is 5.95 Å². The van der Waals surface area contributed by atoms with Gasteiger partial charge in [0.1, 0.15) is 17.4 Å². The number of aryl methyl sites for hydroxylation is 1. The molecule has 0 amide bonds. The van der Waals surface area contributed by atoms with Crippen molar-refractivity contribution in [3.05, 3.63) is 35.8 Å². The Morgan fingerprint density at radius 1 is 1.39 bits per heavy atom. The zero-order chi connectivity index (χ0) is 19.7. The van der Waals surface area contributed by atoms with Gasteiger partial charge in [0.05, 0.1) is 15.9 Å². The summed E-state index contributed by atoms with van der Waals surface area (Å²) in [5, 5.41) is 13.3. The van der Waals surface area contributed by atoms with Crippen molar-refractivity contribution < 1.29 is 0 Å². The van der Waals surface area contributed by atoms with Crippen LogP contribution in [0.4, 0.5) is 5.95 Å². The fraction of sp³-hybridized carbons (Fsp3) is 0.400. The van der Waals surface area contributed by atoms with Crippen molar-refractivity contribution in [1.82, 2.24) is 24.8 Å². The smallest absolute Gasteiger partial charge is 0.223 e. The molecule has 0 spiro atoms. The van der Waals surface area contributed by atoms with Crippen LogP contribution in [0.25, 0.3) is 22.3 Å². The van der Waals surface area contributed by atoms with Gasteiger partial charge in [0.15, 0.2) is 0 Å². The van der Waals surface area contributed by atoms with Gasteiger partial charge in [-0.05, 0) is 50.6 Å². The largest absolute Gasteiger partial charge is 0.351 e. The van der Waals surface area contributed by atoms with E-state index in [0.717, 1.165) is 54.6 Å². The number of H-pyrrole nitrogens is 1.